The van der Waals surface area contributed by atoms with Crippen LogP contribution in [0.2, 0.25) is 0 Å². The number of piperidine rings is 2. The number of aryl methyl sites for hydroxylation is 2. The molecule has 3 heterocycles. The fourth-order valence-corrected chi connectivity index (χ4v) is 7.78. The summed E-state index contributed by atoms with van der Waals surface area (Å²) in [6.07, 6.45) is 11.8. The molecular weight excluding hydrogens is 542 g/mol. The number of carbonyl (C=O) groups is 1. The smallest absolute Gasteiger partial charge is 0.222 e. The van der Waals surface area contributed by atoms with Crippen molar-refractivity contribution in [1.29, 1.82) is 0 Å². The van der Waals surface area contributed by atoms with Crippen molar-refractivity contribution in [1.82, 2.24) is 15.5 Å². The van der Waals surface area contributed by atoms with E-state index in [1.54, 1.807) is 0 Å². The van der Waals surface area contributed by atoms with Gasteiger partial charge < -0.3 is 15.5 Å². The lowest BCUT2D eigenvalue weighted by Gasteiger charge is -2.41. The van der Waals surface area contributed by atoms with E-state index in [1.165, 1.54) is 26.7 Å². The van der Waals surface area contributed by atoms with Gasteiger partial charge in [-0.2, -0.15) is 0 Å². The number of benzene rings is 1. The van der Waals surface area contributed by atoms with E-state index in [-0.39, 0.29) is 0 Å². The highest BCUT2D eigenvalue weighted by Crippen LogP contribution is 2.46. The van der Waals surface area contributed by atoms with Gasteiger partial charge in [-0.3, -0.25) is 4.79 Å². The van der Waals surface area contributed by atoms with Gasteiger partial charge >= 0.3 is 0 Å². The minimum absolute atomic E-state index is 0.327. The molecule has 0 radical (unpaired) electrons. The van der Waals surface area contributed by atoms with Crippen LogP contribution >= 0.6 is 31.9 Å². The molecule has 2 atom stereocenters. The molecule has 1 aromatic rings. The average molecular weight is 577 g/mol. The van der Waals surface area contributed by atoms with Crippen LogP contribution in [0.1, 0.15) is 61.1 Å². The third kappa shape index (κ3) is 5.13. The predicted molar refractivity (Wildman–Crippen MR) is 141 cm³/mol. The van der Waals surface area contributed by atoms with Crippen LogP contribution in [0.4, 0.5) is 0 Å². The van der Waals surface area contributed by atoms with Crippen molar-refractivity contribution in [2.45, 2.75) is 63.8 Å². The van der Waals surface area contributed by atoms with Crippen molar-refractivity contribution in [2.75, 3.05) is 26.2 Å². The number of hydrogen-bond donors (Lipinski definition) is 2. The quantitative estimate of drug-likeness (QED) is 0.496. The molecule has 6 heteroatoms. The number of carbonyl (C=O) groups excluding carboxylic acids is 1. The van der Waals surface area contributed by atoms with Gasteiger partial charge in [0.25, 0.3) is 0 Å². The van der Waals surface area contributed by atoms with Gasteiger partial charge in [0, 0.05) is 40.6 Å². The molecule has 2 unspecified atom stereocenters. The Labute approximate surface area is 214 Å². The normalized spacial score (nSPS) is 26.5. The molecule has 1 aromatic carbocycles. The van der Waals surface area contributed by atoms with Crippen LogP contribution in [0.3, 0.4) is 0 Å². The highest BCUT2D eigenvalue weighted by atomic mass is 79.9. The zero-order chi connectivity index (χ0) is 22.9. The summed E-state index contributed by atoms with van der Waals surface area (Å²) in [7, 11) is 0. The molecule has 5 rings (SSSR count). The number of dihydropyridines is 1. The maximum absolute atomic E-state index is 13.0. The van der Waals surface area contributed by atoms with Crippen molar-refractivity contribution < 1.29 is 4.79 Å². The van der Waals surface area contributed by atoms with Crippen molar-refractivity contribution in [2.24, 2.45) is 11.8 Å². The van der Waals surface area contributed by atoms with Gasteiger partial charge in [-0.15, -0.1) is 0 Å². The Hall–Kier alpha value is -1.11. The Balaban J connectivity index is 1.35. The van der Waals surface area contributed by atoms with E-state index in [2.05, 4.69) is 78.7 Å². The molecule has 2 N–H and O–H groups in total. The van der Waals surface area contributed by atoms with Crippen molar-refractivity contribution in [3.8, 4) is 0 Å². The first-order chi connectivity index (χ1) is 16.0. The molecule has 3 aliphatic heterocycles. The number of likely N-dealkylation sites (tertiary alicyclic amines) is 1. The standard InChI is InChI=1S/C27H35Br2N3O/c1-17-12-20-2-3-21-15-22(28)16-31-27(21)26(25(20)23(29)13-17)19-6-10-32(11-7-19)24(33)14-18-4-8-30-9-5-18/h12-13,15-16,18-19,26-27,30-31H,2-11,14H2,1H3. The van der Waals surface area contributed by atoms with E-state index < -0.39 is 0 Å². The van der Waals surface area contributed by atoms with E-state index in [0.29, 0.717) is 29.7 Å². The maximum Gasteiger partial charge on any atom is 0.222 e. The topological polar surface area (TPSA) is 44.4 Å². The molecule has 0 bridgehead atoms. The first-order valence-corrected chi connectivity index (χ1v) is 14.2. The highest BCUT2D eigenvalue weighted by molar-refractivity contribution is 9.12. The molecule has 1 aliphatic carbocycles. The van der Waals surface area contributed by atoms with E-state index in [4.69, 9.17) is 0 Å². The minimum Gasteiger partial charge on any atom is -0.383 e. The SMILES string of the molecule is Cc1cc(Br)c2c(c1)CCC1=CC(Br)=CNC1C2C1CCN(C(=O)CC2CCNCC2)CC1. The van der Waals surface area contributed by atoms with Gasteiger partial charge in [-0.1, -0.05) is 22.0 Å². The molecule has 0 aromatic heterocycles. The summed E-state index contributed by atoms with van der Waals surface area (Å²) in [5, 5.41) is 7.15. The zero-order valence-electron chi connectivity index (χ0n) is 19.5. The first-order valence-electron chi connectivity index (χ1n) is 12.6. The van der Waals surface area contributed by atoms with E-state index >= 15 is 0 Å². The second-order valence-electron chi connectivity index (χ2n) is 10.4. The molecule has 2 saturated heterocycles. The molecule has 178 valence electrons. The predicted octanol–water partition coefficient (Wildman–Crippen LogP) is 5.55. The van der Waals surface area contributed by atoms with Crippen LogP contribution in [0.25, 0.3) is 0 Å². The van der Waals surface area contributed by atoms with Crippen LogP contribution in [0.15, 0.2) is 38.9 Å². The molecule has 0 saturated carbocycles. The third-order valence-corrected chi connectivity index (χ3v) is 9.29. The number of fused-ring (bicyclic) bond motifs is 2. The summed E-state index contributed by atoms with van der Waals surface area (Å²) in [6.45, 7) is 6.11. The van der Waals surface area contributed by atoms with E-state index in [9.17, 15) is 4.79 Å². The van der Waals surface area contributed by atoms with Crippen LogP contribution in [0, 0.1) is 18.8 Å². The van der Waals surface area contributed by atoms with Crippen molar-refractivity contribution in [3.05, 3.63) is 55.6 Å². The molecule has 4 nitrogen and oxygen atoms in total. The van der Waals surface area contributed by atoms with Gasteiger partial charge in [0.15, 0.2) is 0 Å². The highest BCUT2D eigenvalue weighted by Gasteiger charge is 2.40. The zero-order valence-corrected chi connectivity index (χ0v) is 22.7. The number of hydrogen-bond acceptors (Lipinski definition) is 3. The van der Waals surface area contributed by atoms with Gasteiger partial charge in [0.2, 0.25) is 5.91 Å². The Morgan fingerprint density at radius 1 is 1.09 bits per heavy atom. The van der Waals surface area contributed by atoms with Gasteiger partial charge in [0.05, 0.1) is 6.04 Å². The number of halogens is 2. The number of allylic oxidation sites excluding steroid dienone is 2. The monoisotopic (exact) mass is 575 g/mol. The summed E-state index contributed by atoms with van der Waals surface area (Å²) in [5.74, 6) is 1.92. The van der Waals surface area contributed by atoms with Crippen LogP contribution in [-0.2, 0) is 11.2 Å². The maximum atomic E-state index is 13.0. The van der Waals surface area contributed by atoms with Crippen LogP contribution < -0.4 is 10.6 Å². The second kappa shape index (κ2) is 10.2. The fourth-order valence-electron chi connectivity index (χ4n) is 6.48. The number of rotatable bonds is 3. The van der Waals surface area contributed by atoms with Crippen LogP contribution in [0.5, 0.6) is 0 Å². The van der Waals surface area contributed by atoms with Gasteiger partial charge in [-0.05, 0) is 121 Å². The lowest BCUT2D eigenvalue weighted by Crippen LogP contribution is -2.45. The van der Waals surface area contributed by atoms with Gasteiger partial charge in [-0.25, -0.2) is 0 Å². The second-order valence-corrected chi connectivity index (χ2v) is 12.1. The number of amides is 1. The van der Waals surface area contributed by atoms with E-state index in [1.807, 2.05) is 0 Å². The largest absolute Gasteiger partial charge is 0.383 e. The summed E-state index contributed by atoms with van der Waals surface area (Å²) >= 11 is 7.63. The third-order valence-electron chi connectivity index (χ3n) is 8.18. The molecule has 0 spiro atoms. The van der Waals surface area contributed by atoms with Crippen molar-refractivity contribution >= 4 is 37.8 Å². The van der Waals surface area contributed by atoms with Crippen LogP contribution in [-0.4, -0.2) is 43.0 Å². The number of nitrogens with zero attached hydrogens (tertiary/aromatic N) is 1. The number of nitrogens with one attached hydrogen (secondary N) is 2. The lowest BCUT2D eigenvalue weighted by molar-refractivity contribution is -0.133. The molecular formula is C27H35Br2N3O. The summed E-state index contributed by atoms with van der Waals surface area (Å²) < 4.78 is 2.38. The molecule has 1 amide bonds. The molecule has 33 heavy (non-hydrogen) atoms. The van der Waals surface area contributed by atoms with Gasteiger partial charge in [0.1, 0.15) is 0 Å². The Bertz CT molecular complexity index is 958. The fraction of sp³-hybridized carbons (Fsp3) is 0.593. The average Bonchev–Trinajstić information content (AvgIpc) is 2.96. The first kappa shape index (κ1) is 23.6. The van der Waals surface area contributed by atoms with Crippen molar-refractivity contribution in [3.63, 3.8) is 0 Å². The molecule has 2 fully saturated rings. The lowest BCUT2D eigenvalue weighted by atomic mass is 9.73. The Morgan fingerprint density at radius 3 is 2.61 bits per heavy atom. The molecule has 4 aliphatic rings. The minimum atomic E-state index is 0.327. The van der Waals surface area contributed by atoms with E-state index in [0.717, 1.165) is 75.6 Å². The summed E-state index contributed by atoms with van der Waals surface area (Å²) in [6, 6.07) is 5.01. The Kier molecular flexibility index (Phi) is 7.34. The summed E-state index contributed by atoms with van der Waals surface area (Å²) in [5.41, 5.74) is 5.81. The summed E-state index contributed by atoms with van der Waals surface area (Å²) in [4.78, 5) is 15.2. The Morgan fingerprint density at radius 2 is 1.85 bits per heavy atom.